The minimum Gasteiger partial charge on any atom is -0.354 e. The average molecular weight is 164 g/mol. The van der Waals surface area contributed by atoms with Gasteiger partial charge in [0.2, 0.25) is 0 Å². The van der Waals surface area contributed by atoms with Crippen molar-refractivity contribution in [3.8, 4) is 0 Å². The number of rotatable bonds is 1. The molecule has 2 rings (SSSR count). The van der Waals surface area contributed by atoms with Crippen molar-refractivity contribution in [2.24, 2.45) is 0 Å². The van der Waals surface area contributed by atoms with Gasteiger partial charge in [-0.15, -0.1) is 0 Å². The molecule has 1 aliphatic rings. The standard InChI is InChI=1S/C10H14N2/c1-8(2)12-7-5-9-4-3-6-11-10(9)12/h3-4,6,8H,5,7H2,1-2H3/i6T. The van der Waals surface area contributed by atoms with Crippen LogP contribution in [0.4, 0.5) is 5.82 Å². The van der Waals surface area contributed by atoms with Crippen LogP contribution in [0, 0.1) is 0 Å². The molecule has 0 saturated heterocycles. The number of fused-ring (bicyclic) bond motifs is 1. The Morgan fingerprint density at radius 1 is 1.67 bits per heavy atom. The van der Waals surface area contributed by atoms with Crippen LogP contribution >= 0.6 is 0 Å². The Kier molecular flexibility index (Phi) is 1.49. The monoisotopic (exact) mass is 164 g/mol. The van der Waals surface area contributed by atoms with Gasteiger partial charge in [0.1, 0.15) is 5.82 Å². The molecule has 0 aromatic carbocycles. The second-order valence-electron chi connectivity index (χ2n) is 3.46. The van der Waals surface area contributed by atoms with E-state index in [1.54, 1.807) is 6.07 Å². The van der Waals surface area contributed by atoms with Gasteiger partial charge in [-0.3, -0.25) is 0 Å². The van der Waals surface area contributed by atoms with Crippen LogP contribution in [-0.2, 0) is 6.42 Å². The predicted molar refractivity (Wildman–Crippen MR) is 50.4 cm³/mol. The van der Waals surface area contributed by atoms with Crippen molar-refractivity contribution in [2.45, 2.75) is 26.3 Å². The van der Waals surface area contributed by atoms with E-state index in [0.29, 0.717) is 12.2 Å². The highest BCUT2D eigenvalue weighted by Gasteiger charge is 2.21. The number of hydrogen-bond donors (Lipinski definition) is 0. The molecule has 0 bridgehead atoms. The van der Waals surface area contributed by atoms with Gasteiger partial charge in [0.15, 0.2) is 0 Å². The third-order valence-electron chi connectivity index (χ3n) is 2.33. The predicted octanol–water partition coefficient (Wildman–Crippen LogP) is 1.85. The Labute approximate surface area is 74.6 Å². The summed E-state index contributed by atoms with van der Waals surface area (Å²) in [4.78, 5) is 6.51. The number of anilines is 1. The summed E-state index contributed by atoms with van der Waals surface area (Å²) in [7, 11) is 0. The smallest absolute Gasteiger partial charge is 0.132 e. The second-order valence-corrected chi connectivity index (χ2v) is 3.46. The molecule has 0 radical (unpaired) electrons. The van der Waals surface area contributed by atoms with E-state index in [2.05, 4.69) is 23.7 Å². The van der Waals surface area contributed by atoms with Crippen molar-refractivity contribution in [3.63, 3.8) is 0 Å². The molecule has 0 spiro atoms. The molecule has 2 nitrogen and oxygen atoms in total. The number of aromatic nitrogens is 1. The molecule has 1 aromatic heterocycles. The van der Waals surface area contributed by atoms with Crippen molar-refractivity contribution in [3.05, 3.63) is 23.9 Å². The van der Waals surface area contributed by atoms with E-state index in [-0.39, 0.29) is 0 Å². The van der Waals surface area contributed by atoms with Crippen molar-refractivity contribution in [2.75, 3.05) is 11.4 Å². The maximum atomic E-state index is 7.46. The van der Waals surface area contributed by atoms with E-state index in [1.807, 2.05) is 6.07 Å². The summed E-state index contributed by atoms with van der Waals surface area (Å²) in [6, 6.07) is 4.27. The highest BCUT2D eigenvalue weighted by atomic mass is 15.2. The molecule has 0 atom stereocenters. The zero-order valence-electron chi connectivity index (χ0n) is 8.54. The summed E-state index contributed by atoms with van der Waals surface area (Å²) >= 11 is 0. The van der Waals surface area contributed by atoms with Crippen LogP contribution in [-0.4, -0.2) is 17.6 Å². The fraction of sp³-hybridized carbons (Fsp3) is 0.500. The molecule has 12 heavy (non-hydrogen) atoms. The van der Waals surface area contributed by atoms with Gasteiger partial charge < -0.3 is 4.90 Å². The summed E-state index contributed by atoms with van der Waals surface area (Å²) in [5.74, 6) is 1.02. The van der Waals surface area contributed by atoms with E-state index < -0.39 is 0 Å². The SMILES string of the molecule is [3H]c1ccc2c(n1)N(C(C)C)CC2. The number of nitrogens with zero attached hydrogens (tertiary/aromatic N) is 2. The molecule has 2 heteroatoms. The number of hydrogen-bond acceptors (Lipinski definition) is 2. The van der Waals surface area contributed by atoms with Crippen molar-refractivity contribution >= 4 is 5.82 Å². The molecule has 1 aliphatic heterocycles. The van der Waals surface area contributed by atoms with Crippen LogP contribution in [0.3, 0.4) is 0 Å². The Bertz CT molecular complexity index is 323. The van der Waals surface area contributed by atoms with Crippen molar-refractivity contribution in [1.29, 1.82) is 0 Å². The molecule has 0 saturated carbocycles. The van der Waals surface area contributed by atoms with Crippen LogP contribution in [0.5, 0.6) is 0 Å². The second kappa shape index (κ2) is 2.77. The van der Waals surface area contributed by atoms with E-state index in [4.69, 9.17) is 1.37 Å². The molecule has 0 aliphatic carbocycles. The summed E-state index contributed by atoms with van der Waals surface area (Å²) in [5.41, 5.74) is 1.28. The molecule has 0 unspecified atom stereocenters. The lowest BCUT2D eigenvalue weighted by Crippen LogP contribution is -2.28. The molecule has 64 valence electrons. The van der Waals surface area contributed by atoms with Gasteiger partial charge in [-0.05, 0) is 31.9 Å². The highest BCUT2D eigenvalue weighted by molar-refractivity contribution is 5.52. The van der Waals surface area contributed by atoms with Gasteiger partial charge >= 0.3 is 0 Å². The van der Waals surface area contributed by atoms with Crippen molar-refractivity contribution in [1.82, 2.24) is 4.98 Å². The van der Waals surface area contributed by atoms with Gasteiger partial charge in [0, 0.05) is 18.8 Å². The molecular weight excluding hydrogens is 148 g/mol. The molecule has 2 heterocycles. The van der Waals surface area contributed by atoms with Gasteiger partial charge in [-0.25, -0.2) is 4.98 Å². The lowest BCUT2D eigenvalue weighted by atomic mass is 10.2. The average Bonchev–Trinajstić information content (AvgIpc) is 2.46. The van der Waals surface area contributed by atoms with Gasteiger partial charge in [0.25, 0.3) is 0 Å². The largest absolute Gasteiger partial charge is 0.354 e. The Morgan fingerprint density at radius 3 is 3.25 bits per heavy atom. The summed E-state index contributed by atoms with van der Waals surface area (Å²) in [6.07, 6.45) is 1.44. The molecular formula is C10H14N2. The summed E-state index contributed by atoms with van der Waals surface area (Å²) < 4.78 is 7.46. The first kappa shape index (κ1) is 6.46. The first-order chi connectivity index (χ1) is 6.18. The van der Waals surface area contributed by atoms with E-state index in [0.717, 1.165) is 18.8 Å². The maximum Gasteiger partial charge on any atom is 0.132 e. The van der Waals surface area contributed by atoms with Crippen LogP contribution < -0.4 is 4.90 Å². The zero-order chi connectivity index (χ0) is 9.42. The maximum absolute atomic E-state index is 7.46. The molecule has 0 amide bonds. The first-order valence-electron chi connectivity index (χ1n) is 4.91. The topological polar surface area (TPSA) is 16.1 Å². The molecule has 1 aromatic rings. The lowest BCUT2D eigenvalue weighted by Gasteiger charge is -2.22. The van der Waals surface area contributed by atoms with Gasteiger partial charge in [-0.2, -0.15) is 0 Å². The summed E-state index contributed by atoms with van der Waals surface area (Å²) in [6.45, 7) is 5.37. The quantitative estimate of drug-likeness (QED) is 0.629. The van der Waals surface area contributed by atoms with Gasteiger partial charge in [0.05, 0.1) is 1.37 Å². The van der Waals surface area contributed by atoms with E-state index in [9.17, 15) is 0 Å². The fourth-order valence-corrected chi connectivity index (χ4v) is 1.68. The third kappa shape index (κ3) is 1.07. The minimum absolute atomic E-state index is 0.367. The van der Waals surface area contributed by atoms with Crippen LogP contribution in [0.2, 0.25) is 0 Å². The van der Waals surface area contributed by atoms with Crippen LogP contribution in [0.25, 0.3) is 0 Å². The minimum atomic E-state index is 0.367. The Balaban J connectivity index is 2.40. The highest BCUT2D eigenvalue weighted by Crippen LogP contribution is 2.26. The lowest BCUT2D eigenvalue weighted by molar-refractivity contribution is 0.703. The first-order valence-corrected chi connectivity index (χ1v) is 4.41. The van der Waals surface area contributed by atoms with Gasteiger partial charge in [-0.1, -0.05) is 6.07 Å². The van der Waals surface area contributed by atoms with Crippen molar-refractivity contribution < 1.29 is 1.37 Å². The normalized spacial score (nSPS) is 16.6. The van der Waals surface area contributed by atoms with E-state index in [1.165, 1.54) is 5.56 Å². The summed E-state index contributed by atoms with van der Waals surface area (Å²) in [5, 5.41) is 0. The Morgan fingerprint density at radius 2 is 2.50 bits per heavy atom. The van der Waals surface area contributed by atoms with Crippen LogP contribution in [0.1, 0.15) is 20.8 Å². The van der Waals surface area contributed by atoms with E-state index >= 15 is 0 Å². The molecule has 0 N–H and O–H groups in total. The third-order valence-corrected chi connectivity index (χ3v) is 2.33. The molecule has 0 fully saturated rings. The fourth-order valence-electron chi connectivity index (χ4n) is 1.68. The zero-order valence-corrected chi connectivity index (χ0v) is 7.54. The number of pyridine rings is 1. The van der Waals surface area contributed by atoms with Crippen LogP contribution in [0.15, 0.2) is 18.3 Å². The Hall–Kier alpha value is -1.05.